The number of rotatable bonds is 9. The van der Waals surface area contributed by atoms with Crippen molar-refractivity contribution in [3.05, 3.63) is 0 Å². The van der Waals surface area contributed by atoms with Gasteiger partial charge in [0.1, 0.15) is 6.04 Å². The highest BCUT2D eigenvalue weighted by atomic mass is 16.6. The molecular formula is C12H16N2O6. The summed E-state index contributed by atoms with van der Waals surface area (Å²) < 4.78 is 9.05. The molecule has 0 aliphatic rings. The van der Waals surface area contributed by atoms with Crippen molar-refractivity contribution in [2.24, 2.45) is 0 Å². The Morgan fingerprint density at radius 2 is 2.15 bits per heavy atom. The number of ketones is 1. The molecule has 0 saturated carbocycles. The molecule has 0 bridgehead atoms. The molecule has 0 aliphatic carbocycles. The Morgan fingerprint density at radius 3 is 2.60 bits per heavy atom. The second-order valence-corrected chi connectivity index (χ2v) is 3.59. The maximum Gasteiger partial charge on any atom is 0.330 e. The number of carbonyl (C=O) groups is 3. The van der Waals surface area contributed by atoms with Gasteiger partial charge in [-0.15, -0.1) is 6.42 Å². The minimum atomic E-state index is -1.18. The van der Waals surface area contributed by atoms with Crippen LogP contribution in [0.2, 0.25) is 0 Å². The van der Waals surface area contributed by atoms with E-state index in [1.165, 1.54) is 7.11 Å². The van der Waals surface area contributed by atoms with E-state index in [0.717, 1.165) is 0 Å². The number of nitrogens with one attached hydrogen (secondary N) is 2. The summed E-state index contributed by atoms with van der Waals surface area (Å²) in [6, 6.07) is -1.16. The first-order valence-electron chi connectivity index (χ1n) is 5.60. The van der Waals surface area contributed by atoms with Gasteiger partial charge in [0.25, 0.3) is 5.91 Å². The molecule has 0 rings (SSSR count). The molecular weight excluding hydrogens is 268 g/mol. The second kappa shape index (κ2) is 9.66. The Bertz CT molecular complexity index is 415. The number of hydrogen-bond acceptors (Lipinski definition) is 7. The Labute approximate surface area is 115 Å². The molecule has 0 aromatic carbocycles. The lowest BCUT2D eigenvalue weighted by molar-refractivity contribution is -0.156. The predicted molar refractivity (Wildman–Crippen MR) is 67.8 cm³/mol. The molecule has 8 heteroatoms. The average Bonchev–Trinajstić information content (AvgIpc) is 2.44. The number of ether oxygens (including phenoxy) is 2. The van der Waals surface area contributed by atoms with Crippen LogP contribution in [0.1, 0.15) is 12.8 Å². The molecule has 0 aromatic rings. The van der Waals surface area contributed by atoms with E-state index in [9.17, 15) is 14.4 Å². The zero-order valence-electron chi connectivity index (χ0n) is 10.9. The molecule has 8 nitrogen and oxygen atoms in total. The lowest BCUT2D eigenvalue weighted by Crippen LogP contribution is -2.46. The molecule has 3 N–H and O–H groups in total. The molecule has 20 heavy (non-hydrogen) atoms. The van der Waals surface area contributed by atoms with Crippen molar-refractivity contribution in [2.45, 2.75) is 25.0 Å². The second-order valence-electron chi connectivity index (χ2n) is 3.59. The molecule has 1 amide bonds. The third kappa shape index (κ3) is 6.08. The molecule has 0 unspecified atom stereocenters. The summed E-state index contributed by atoms with van der Waals surface area (Å²) in [6.45, 7) is -0.855. The molecule has 0 aliphatic heterocycles. The zero-order valence-corrected chi connectivity index (χ0v) is 10.9. The van der Waals surface area contributed by atoms with E-state index in [1.807, 2.05) is 0 Å². The topological polar surface area (TPSA) is 126 Å². The van der Waals surface area contributed by atoms with Crippen LogP contribution in [0.15, 0.2) is 0 Å². The van der Waals surface area contributed by atoms with Crippen molar-refractivity contribution in [3.8, 4) is 12.3 Å². The number of hydrogen-bond donors (Lipinski definition) is 3. The Morgan fingerprint density at radius 1 is 1.50 bits per heavy atom. The van der Waals surface area contributed by atoms with Crippen LogP contribution in [0, 0.1) is 17.8 Å². The van der Waals surface area contributed by atoms with Gasteiger partial charge in [-0.25, -0.2) is 4.79 Å². The summed E-state index contributed by atoms with van der Waals surface area (Å²) >= 11 is 0. The molecule has 0 fully saturated rings. The van der Waals surface area contributed by atoms with Crippen molar-refractivity contribution < 1.29 is 29.0 Å². The van der Waals surface area contributed by atoms with Gasteiger partial charge in [0.15, 0.2) is 18.7 Å². The number of methoxy groups -OCH3 is 1. The van der Waals surface area contributed by atoms with E-state index < -0.39 is 36.6 Å². The molecule has 2 atom stereocenters. The number of terminal acetylenes is 1. The lowest BCUT2D eigenvalue weighted by atomic mass is 10.1. The Hall–Kier alpha value is -2.24. The molecule has 0 saturated heterocycles. The van der Waals surface area contributed by atoms with Crippen molar-refractivity contribution in [1.82, 2.24) is 5.32 Å². The van der Waals surface area contributed by atoms with Gasteiger partial charge in [0.05, 0.1) is 6.21 Å². The van der Waals surface area contributed by atoms with Gasteiger partial charge in [0, 0.05) is 13.5 Å². The summed E-state index contributed by atoms with van der Waals surface area (Å²) in [4.78, 5) is 34.2. The van der Waals surface area contributed by atoms with E-state index in [4.69, 9.17) is 21.7 Å². The number of Topliss-reactive ketones (excluding diaryl/α,β-unsaturated/α-hetero) is 1. The van der Waals surface area contributed by atoms with E-state index in [2.05, 4.69) is 16.0 Å². The number of carbonyl (C=O) groups excluding carboxylic acids is 3. The third-order valence-corrected chi connectivity index (χ3v) is 2.27. The number of aliphatic hydroxyl groups is 1. The summed E-state index contributed by atoms with van der Waals surface area (Å²) in [5.41, 5.74) is 0. The van der Waals surface area contributed by atoms with Crippen LogP contribution in [0.5, 0.6) is 0 Å². The largest absolute Gasteiger partial charge is 0.437 e. The summed E-state index contributed by atoms with van der Waals surface area (Å²) in [7, 11) is 1.23. The minimum absolute atomic E-state index is 0.0835. The van der Waals surface area contributed by atoms with Gasteiger partial charge in [-0.3, -0.25) is 9.59 Å². The summed E-state index contributed by atoms with van der Waals surface area (Å²) in [5, 5.41) is 17.5. The van der Waals surface area contributed by atoms with Crippen LogP contribution < -0.4 is 5.32 Å². The summed E-state index contributed by atoms with van der Waals surface area (Å²) in [6.07, 6.45) is 4.27. The van der Waals surface area contributed by atoms with Gasteiger partial charge >= 0.3 is 5.97 Å². The van der Waals surface area contributed by atoms with Crippen molar-refractivity contribution >= 4 is 23.9 Å². The maximum absolute atomic E-state index is 11.7. The van der Waals surface area contributed by atoms with E-state index in [0.29, 0.717) is 6.21 Å². The zero-order chi connectivity index (χ0) is 15.5. The maximum atomic E-state index is 11.7. The first kappa shape index (κ1) is 17.8. The fourth-order valence-corrected chi connectivity index (χ4v) is 1.27. The van der Waals surface area contributed by atoms with Crippen LogP contribution in [0.4, 0.5) is 0 Å². The third-order valence-electron chi connectivity index (χ3n) is 2.27. The Kier molecular flexibility index (Phi) is 8.58. The van der Waals surface area contributed by atoms with Crippen molar-refractivity contribution in [1.29, 1.82) is 5.41 Å². The minimum Gasteiger partial charge on any atom is -0.437 e. The van der Waals surface area contributed by atoms with Gasteiger partial charge in [0.2, 0.25) is 0 Å². The highest BCUT2D eigenvalue weighted by Crippen LogP contribution is 2.02. The monoisotopic (exact) mass is 284 g/mol. The normalized spacial score (nSPS) is 12.7. The van der Waals surface area contributed by atoms with Crippen LogP contribution >= 0.6 is 0 Å². The highest BCUT2D eigenvalue weighted by Gasteiger charge is 2.26. The smallest absolute Gasteiger partial charge is 0.330 e. The molecule has 0 spiro atoms. The van der Waals surface area contributed by atoms with Gasteiger partial charge < -0.3 is 25.3 Å². The van der Waals surface area contributed by atoms with E-state index in [-0.39, 0.29) is 12.8 Å². The van der Waals surface area contributed by atoms with Crippen LogP contribution in [0.25, 0.3) is 0 Å². The Balaban J connectivity index is 4.72. The number of aliphatic hydroxyl groups excluding tert-OH is 1. The predicted octanol–water partition coefficient (Wildman–Crippen LogP) is -1.39. The fourth-order valence-electron chi connectivity index (χ4n) is 1.27. The fraction of sp³-hybridized carbons (Fsp3) is 0.500. The van der Waals surface area contributed by atoms with Crippen molar-refractivity contribution in [2.75, 3.05) is 13.9 Å². The molecule has 0 aromatic heterocycles. The molecule has 0 radical (unpaired) electrons. The summed E-state index contributed by atoms with van der Waals surface area (Å²) in [5.74, 6) is -0.0980. The molecule has 110 valence electrons. The average molecular weight is 284 g/mol. The van der Waals surface area contributed by atoms with Crippen LogP contribution in [-0.2, 0) is 23.9 Å². The van der Waals surface area contributed by atoms with E-state index >= 15 is 0 Å². The SMILES string of the molecule is C#C[C@H](OC)C(=O)N[C@@H](CCC(=O)C=N)C(=O)OCO. The van der Waals surface area contributed by atoms with Gasteiger partial charge in [-0.2, -0.15) is 0 Å². The van der Waals surface area contributed by atoms with Crippen LogP contribution in [0.3, 0.4) is 0 Å². The van der Waals surface area contributed by atoms with E-state index in [1.54, 1.807) is 0 Å². The highest BCUT2D eigenvalue weighted by molar-refractivity contribution is 6.26. The van der Waals surface area contributed by atoms with Gasteiger partial charge in [-0.05, 0) is 6.42 Å². The number of amides is 1. The lowest BCUT2D eigenvalue weighted by Gasteiger charge is -2.18. The molecule has 0 heterocycles. The standard InChI is InChI=1S/C12H16N2O6/c1-3-10(19-2)11(17)14-9(12(18)20-7-15)5-4-8(16)6-13/h1,6,9-10,13,15H,4-5,7H2,2H3,(H,14,17)/t9-,10-/m0/s1. The first-order valence-corrected chi connectivity index (χ1v) is 5.60. The quantitative estimate of drug-likeness (QED) is 0.207. The first-order chi connectivity index (χ1) is 9.49. The van der Waals surface area contributed by atoms with Crippen molar-refractivity contribution in [3.63, 3.8) is 0 Å². The number of esters is 1. The van der Waals surface area contributed by atoms with Gasteiger partial charge in [-0.1, -0.05) is 5.92 Å². The van der Waals surface area contributed by atoms with Crippen LogP contribution in [-0.4, -0.2) is 55.0 Å².